The highest BCUT2D eigenvalue weighted by molar-refractivity contribution is 7.89. The molecule has 9 heteroatoms. The van der Waals surface area contributed by atoms with Crippen LogP contribution < -0.4 is 21.7 Å². The zero-order chi connectivity index (χ0) is 14.5. The summed E-state index contributed by atoms with van der Waals surface area (Å²) < 4.78 is 21.6. The third-order valence-electron chi connectivity index (χ3n) is 2.32. The van der Waals surface area contributed by atoms with Crippen LogP contribution >= 0.6 is 0 Å². The summed E-state index contributed by atoms with van der Waals surface area (Å²) in [5.74, 6) is 7.20. The van der Waals surface area contributed by atoms with Crippen LogP contribution in [0.4, 0.5) is 11.6 Å². The minimum Gasteiger partial charge on any atom is -0.370 e. The Bertz CT molecular complexity index is 517. The van der Waals surface area contributed by atoms with Crippen molar-refractivity contribution in [3.8, 4) is 0 Å². The molecule has 0 atom stereocenters. The van der Waals surface area contributed by atoms with Crippen LogP contribution in [0.3, 0.4) is 0 Å². The molecule has 6 N–H and O–H groups in total. The summed E-state index contributed by atoms with van der Waals surface area (Å²) in [5.41, 5.74) is 2.47. The summed E-state index contributed by atoms with van der Waals surface area (Å²) >= 11 is 0. The fraction of sp³-hybridized carbons (Fsp3) is 0.600. The Morgan fingerprint density at radius 3 is 2.47 bits per heavy atom. The first-order valence-corrected chi connectivity index (χ1v) is 7.63. The van der Waals surface area contributed by atoms with Gasteiger partial charge in [0.1, 0.15) is 17.5 Å². The highest BCUT2D eigenvalue weighted by Gasteiger charge is 2.08. The molecule has 0 saturated heterocycles. The monoisotopic (exact) mass is 288 g/mol. The lowest BCUT2D eigenvalue weighted by molar-refractivity contribution is 0.595. The number of nitrogen functional groups attached to an aromatic ring is 1. The van der Waals surface area contributed by atoms with E-state index in [0.717, 1.165) is 0 Å². The average Bonchev–Trinajstić information content (AvgIpc) is 2.33. The number of hydrazine groups is 1. The third-order valence-corrected chi connectivity index (χ3v) is 3.18. The number of nitrogens with one attached hydrogen (secondary N) is 2. The quantitative estimate of drug-likeness (QED) is 0.314. The number of anilines is 2. The normalized spacial score (nSPS) is 11.6. The highest BCUT2D eigenvalue weighted by atomic mass is 32.2. The van der Waals surface area contributed by atoms with Gasteiger partial charge in [-0.05, 0) is 6.42 Å². The van der Waals surface area contributed by atoms with Gasteiger partial charge in [-0.2, -0.15) is 0 Å². The van der Waals surface area contributed by atoms with Crippen LogP contribution in [0.1, 0.15) is 32.0 Å². The SMILES string of the molecule is CC(C)c1nc(NN)cc(NCCCS(N)(=O)=O)n1. The van der Waals surface area contributed by atoms with Crippen LogP contribution in [0.2, 0.25) is 0 Å². The van der Waals surface area contributed by atoms with Crippen LogP contribution in [-0.4, -0.2) is 30.7 Å². The summed E-state index contributed by atoms with van der Waals surface area (Å²) in [6, 6.07) is 1.66. The Labute approximate surface area is 113 Å². The molecule has 0 unspecified atom stereocenters. The second-order valence-electron chi connectivity index (χ2n) is 4.44. The smallest absolute Gasteiger partial charge is 0.209 e. The largest absolute Gasteiger partial charge is 0.370 e. The molecular formula is C10H20N6O2S. The lowest BCUT2D eigenvalue weighted by Crippen LogP contribution is -2.19. The number of hydrogen-bond donors (Lipinski definition) is 4. The van der Waals surface area contributed by atoms with Crippen molar-refractivity contribution in [2.24, 2.45) is 11.0 Å². The van der Waals surface area contributed by atoms with E-state index in [9.17, 15) is 8.42 Å². The van der Waals surface area contributed by atoms with E-state index in [2.05, 4.69) is 20.7 Å². The minimum absolute atomic E-state index is 0.0654. The van der Waals surface area contributed by atoms with Gasteiger partial charge in [-0.1, -0.05) is 13.8 Å². The van der Waals surface area contributed by atoms with Gasteiger partial charge in [0.05, 0.1) is 5.75 Å². The first-order chi connectivity index (χ1) is 8.81. The molecule has 0 radical (unpaired) electrons. The van der Waals surface area contributed by atoms with Crippen molar-refractivity contribution in [2.75, 3.05) is 23.0 Å². The van der Waals surface area contributed by atoms with Crippen LogP contribution in [-0.2, 0) is 10.0 Å². The van der Waals surface area contributed by atoms with Crippen LogP contribution in [0.5, 0.6) is 0 Å². The first-order valence-electron chi connectivity index (χ1n) is 5.92. The number of aromatic nitrogens is 2. The summed E-state index contributed by atoms with van der Waals surface area (Å²) in [7, 11) is -3.42. The molecule has 0 saturated carbocycles. The second-order valence-corrected chi connectivity index (χ2v) is 6.18. The zero-order valence-electron chi connectivity index (χ0n) is 11.0. The lowest BCUT2D eigenvalue weighted by Gasteiger charge is -2.11. The first kappa shape index (κ1) is 15.6. The van der Waals surface area contributed by atoms with Crippen molar-refractivity contribution in [1.82, 2.24) is 9.97 Å². The van der Waals surface area contributed by atoms with Crippen molar-refractivity contribution in [1.29, 1.82) is 0 Å². The zero-order valence-corrected chi connectivity index (χ0v) is 11.9. The molecule has 0 aliphatic heterocycles. The third kappa shape index (κ3) is 5.81. The molecule has 0 aliphatic carbocycles. The van der Waals surface area contributed by atoms with Gasteiger partial charge in [-0.25, -0.2) is 29.4 Å². The Morgan fingerprint density at radius 1 is 1.32 bits per heavy atom. The molecule has 19 heavy (non-hydrogen) atoms. The maximum atomic E-state index is 10.8. The van der Waals surface area contributed by atoms with E-state index in [1.54, 1.807) is 6.07 Å². The summed E-state index contributed by atoms with van der Waals surface area (Å²) in [4.78, 5) is 8.53. The Hall–Kier alpha value is -1.45. The molecule has 1 aromatic heterocycles. The predicted octanol–water partition coefficient (Wildman–Crippen LogP) is -0.0239. The molecule has 1 rings (SSSR count). The van der Waals surface area contributed by atoms with Gasteiger partial charge in [-0.3, -0.25) is 0 Å². The van der Waals surface area contributed by atoms with Crippen LogP contribution in [0, 0.1) is 0 Å². The van der Waals surface area contributed by atoms with E-state index in [-0.39, 0.29) is 11.7 Å². The van der Waals surface area contributed by atoms with Gasteiger partial charge >= 0.3 is 0 Å². The molecule has 0 aliphatic rings. The van der Waals surface area contributed by atoms with Crippen molar-refractivity contribution >= 4 is 21.7 Å². The number of rotatable bonds is 7. The fourth-order valence-electron chi connectivity index (χ4n) is 1.38. The van der Waals surface area contributed by atoms with Crippen molar-refractivity contribution in [2.45, 2.75) is 26.2 Å². The van der Waals surface area contributed by atoms with Gasteiger partial charge in [0, 0.05) is 18.5 Å². The van der Waals surface area contributed by atoms with E-state index >= 15 is 0 Å². The summed E-state index contributed by atoms with van der Waals surface area (Å²) in [5, 5.41) is 7.94. The number of hydrogen-bond acceptors (Lipinski definition) is 7. The average molecular weight is 288 g/mol. The lowest BCUT2D eigenvalue weighted by atomic mass is 10.2. The van der Waals surface area contributed by atoms with E-state index in [4.69, 9.17) is 11.0 Å². The highest BCUT2D eigenvalue weighted by Crippen LogP contribution is 2.16. The number of nitrogens with two attached hydrogens (primary N) is 2. The molecule has 0 spiro atoms. The maximum absolute atomic E-state index is 10.8. The topological polar surface area (TPSA) is 136 Å². The van der Waals surface area contributed by atoms with Gasteiger partial charge in [0.2, 0.25) is 10.0 Å². The van der Waals surface area contributed by atoms with Crippen LogP contribution in [0.25, 0.3) is 0 Å². The number of sulfonamides is 1. The Balaban J connectivity index is 2.65. The van der Waals surface area contributed by atoms with Crippen molar-refractivity contribution in [3.63, 3.8) is 0 Å². The van der Waals surface area contributed by atoms with Crippen molar-refractivity contribution < 1.29 is 8.42 Å². The van der Waals surface area contributed by atoms with Gasteiger partial charge < -0.3 is 10.7 Å². The molecule has 1 aromatic rings. The van der Waals surface area contributed by atoms with E-state index in [1.807, 2.05) is 13.8 Å². The standard InChI is InChI=1S/C10H20N6O2S/c1-7(2)10-14-8(6-9(15-10)16-11)13-4-3-5-19(12,17)18/h6-7H,3-5,11H2,1-2H3,(H2,12,17,18)(H2,13,14,15,16). The Kier molecular flexibility index (Phi) is 5.45. The van der Waals surface area contributed by atoms with Crippen LogP contribution in [0.15, 0.2) is 6.07 Å². The van der Waals surface area contributed by atoms with E-state index in [0.29, 0.717) is 30.4 Å². The molecular weight excluding hydrogens is 268 g/mol. The van der Waals surface area contributed by atoms with E-state index < -0.39 is 10.0 Å². The molecule has 0 fully saturated rings. The van der Waals surface area contributed by atoms with Crippen molar-refractivity contribution in [3.05, 3.63) is 11.9 Å². The molecule has 0 amide bonds. The molecule has 0 aromatic carbocycles. The summed E-state index contributed by atoms with van der Waals surface area (Å²) in [6.45, 7) is 4.40. The number of primary sulfonamides is 1. The molecule has 8 nitrogen and oxygen atoms in total. The minimum atomic E-state index is -3.42. The van der Waals surface area contributed by atoms with Gasteiger partial charge in [0.15, 0.2) is 0 Å². The van der Waals surface area contributed by atoms with E-state index in [1.165, 1.54) is 0 Å². The fourth-order valence-corrected chi connectivity index (χ4v) is 1.93. The van der Waals surface area contributed by atoms with Gasteiger partial charge in [0.25, 0.3) is 0 Å². The maximum Gasteiger partial charge on any atom is 0.209 e. The molecule has 1 heterocycles. The molecule has 0 bridgehead atoms. The Morgan fingerprint density at radius 2 is 1.95 bits per heavy atom. The molecule has 108 valence electrons. The second kappa shape index (κ2) is 6.64. The van der Waals surface area contributed by atoms with Gasteiger partial charge in [-0.15, -0.1) is 0 Å². The summed E-state index contributed by atoms with van der Waals surface area (Å²) in [6.07, 6.45) is 0.408. The predicted molar refractivity (Wildman–Crippen MR) is 75.0 cm³/mol. The number of nitrogens with zero attached hydrogens (tertiary/aromatic N) is 2.